The maximum Gasteiger partial charge on any atom is 2.00 e. The molecular formula is C34H37B2F8FeN7O2S. The zero-order valence-electron chi connectivity index (χ0n) is 30.0. The van der Waals surface area contributed by atoms with E-state index in [0.717, 1.165) is 22.6 Å². The first-order valence-corrected chi connectivity index (χ1v) is 17.2. The third-order valence-electron chi connectivity index (χ3n) is 6.39. The van der Waals surface area contributed by atoms with E-state index in [1.54, 1.807) is 24.5 Å². The van der Waals surface area contributed by atoms with E-state index in [2.05, 4.69) is 26.3 Å². The molecule has 9 nitrogen and oxygen atoms in total. The van der Waals surface area contributed by atoms with Gasteiger partial charge in [-0.1, -0.05) is 57.2 Å². The first-order chi connectivity index (χ1) is 25.2. The Hall–Kier alpha value is -4.68. The maximum atomic E-state index is 13.2. The van der Waals surface area contributed by atoms with Crippen molar-refractivity contribution in [3.8, 4) is 12.1 Å². The number of nitrogens with one attached hydrogen (secondary N) is 1. The van der Waals surface area contributed by atoms with Gasteiger partial charge in [-0.15, -0.1) is 0 Å². The largest absolute Gasteiger partial charge is 2.00 e. The zero-order chi connectivity index (χ0) is 41.0. The van der Waals surface area contributed by atoms with E-state index in [9.17, 15) is 43.5 Å². The van der Waals surface area contributed by atoms with Gasteiger partial charge in [0.2, 0.25) is 5.91 Å². The molecule has 296 valence electrons. The topological polar surface area (TPSA) is 136 Å². The Morgan fingerprint density at radius 1 is 0.818 bits per heavy atom. The molecule has 0 aliphatic rings. The molecule has 0 aliphatic carbocycles. The minimum Gasteiger partial charge on any atom is -0.418 e. The van der Waals surface area contributed by atoms with Crippen molar-refractivity contribution in [2.45, 2.75) is 58.1 Å². The molecule has 21 heteroatoms. The van der Waals surface area contributed by atoms with Crippen molar-refractivity contribution >= 4 is 37.0 Å². The summed E-state index contributed by atoms with van der Waals surface area (Å²) in [4.78, 5) is 29.7. The molecule has 0 radical (unpaired) electrons. The Morgan fingerprint density at radius 2 is 1.31 bits per heavy atom. The van der Waals surface area contributed by atoms with Gasteiger partial charge in [0, 0.05) is 54.9 Å². The van der Waals surface area contributed by atoms with Gasteiger partial charge in [-0.25, -0.2) is 4.98 Å². The third-order valence-corrected chi connectivity index (χ3v) is 7.85. The molecule has 1 N–H and O–H groups in total. The van der Waals surface area contributed by atoms with Crippen molar-refractivity contribution in [3.05, 3.63) is 114 Å². The van der Waals surface area contributed by atoms with Gasteiger partial charge in [0.25, 0.3) is 0 Å². The van der Waals surface area contributed by atoms with Gasteiger partial charge in [0.1, 0.15) is 5.82 Å². The summed E-state index contributed by atoms with van der Waals surface area (Å²) in [5.74, 6) is 0.634. The van der Waals surface area contributed by atoms with Crippen molar-refractivity contribution in [1.82, 2.24) is 19.9 Å². The van der Waals surface area contributed by atoms with Crippen LogP contribution in [-0.2, 0) is 45.8 Å². The standard InChI is InChI=1S/C32H34N6O2S.C2H3N.2BF4.Fe/c1-32(2,3)31(39)37-29-17-10-13-25(36-29)23-38(22-24-12-4-5-16-28(24)41(40)21-11-18-33)30(26-14-6-8-19-34-26)27-15-7-9-20-35-27;1-2-3;2*2-1(3,4)5;/h4-10,12-17,19-20,30H,11,21-23H2,1-3H3,(H,36,37,39);1H3;;;/q;;2*-1;+2/t41-;;;;/m1..../s1. The number of nitriles is 2. The van der Waals surface area contributed by atoms with Gasteiger partial charge >= 0.3 is 31.6 Å². The first-order valence-electron chi connectivity index (χ1n) is 15.9. The van der Waals surface area contributed by atoms with Crippen LogP contribution in [0, 0.1) is 28.1 Å². The summed E-state index contributed by atoms with van der Waals surface area (Å²) in [5, 5.41) is 19.3. The molecule has 4 rings (SSSR count). The Kier molecular flexibility index (Phi) is 22.6. The summed E-state index contributed by atoms with van der Waals surface area (Å²) in [6.45, 7) is 7.82. The number of anilines is 1. The second-order valence-electron chi connectivity index (χ2n) is 11.8. The molecule has 0 unspecified atom stereocenters. The van der Waals surface area contributed by atoms with Crippen LogP contribution >= 0.6 is 0 Å². The molecule has 3 aromatic heterocycles. The van der Waals surface area contributed by atoms with Gasteiger partial charge in [-0.2, -0.15) is 10.5 Å². The summed E-state index contributed by atoms with van der Waals surface area (Å²) >= 11 is 0. The molecule has 55 heavy (non-hydrogen) atoms. The summed E-state index contributed by atoms with van der Waals surface area (Å²) in [6, 6.07) is 28.3. The number of nitrogens with zero attached hydrogens (tertiary/aromatic N) is 6. The molecule has 1 aromatic carbocycles. The molecule has 1 amide bonds. The molecular weight excluding hydrogens is 800 g/mol. The van der Waals surface area contributed by atoms with Crippen molar-refractivity contribution in [2.75, 3.05) is 11.1 Å². The smallest absolute Gasteiger partial charge is 0.418 e. The molecule has 0 fully saturated rings. The first kappa shape index (κ1) is 50.3. The van der Waals surface area contributed by atoms with E-state index < -0.39 is 30.7 Å². The average Bonchev–Trinajstić information content (AvgIpc) is 3.07. The van der Waals surface area contributed by atoms with Gasteiger partial charge < -0.3 is 39.8 Å². The van der Waals surface area contributed by atoms with E-state index in [4.69, 9.17) is 15.5 Å². The predicted octanol–water partition coefficient (Wildman–Crippen LogP) is 8.80. The Bertz CT molecular complexity index is 1780. The number of halogens is 8. The molecule has 0 saturated carbocycles. The van der Waals surface area contributed by atoms with Gasteiger partial charge in [-0.05, 0) is 48.0 Å². The van der Waals surface area contributed by atoms with Gasteiger partial charge in [-0.3, -0.25) is 23.9 Å². The molecule has 1 atom stereocenters. The number of carbonyl (C=O) groups excluding carboxylic acids is 1. The van der Waals surface area contributed by atoms with Crippen molar-refractivity contribution < 1.29 is 60.6 Å². The molecule has 4 aromatic rings. The summed E-state index contributed by atoms with van der Waals surface area (Å²) in [5.41, 5.74) is 2.70. The Morgan fingerprint density at radius 3 is 1.76 bits per heavy atom. The van der Waals surface area contributed by atoms with Crippen LogP contribution in [-0.4, -0.2) is 50.2 Å². The van der Waals surface area contributed by atoms with Crippen LogP contribution in [0.15, 0.2) is 96.2 Å². The van der Waals surface area contributed by atoms with Crippen LogP contribution in [0.4, 0.5) is 40.3 Å². The van der Waals surface area contributed by atoms with E-state index in [-0.39, 0.29) is 41.2 Å². The van der Waals surface area contributed by atoms with Crippen molar-refractivity contribution in [2.24, 2.45) is 5.41 Å². The Balaban J connectivity index is 0.00000180. The number of hydrogen-bond acceptors (Lipinski definition) is 8. The SMILES string of the molecule is CC#N.CC(C)(C)C(=O)Nc1cccc(CN(Cc2ccccc2[S@](=O)CCC#N)C(c2ccccn2)c2ccccn2)n1.F[B-](F)(F)F.F[B-](F)(F)F.[Fe+2]. The van der Waals surface area contributed by atoms with Crippen molar-refractivity contribution in [1.29, 1.82) is 10.5 Å². The average molecular weight is 837 g/mol. The van der Waals surface area contributed by atoms with E-state index in [1.165, 1.54) is 6.92 Å². The fraction of sp³-hybridized carbons (Fsp3) is 0.294. The third kappa shape index (κ3) is 22.3. The van der Waals surface area contributed by atoms with Crippen LogP contribution in [0.3, 0.4) is 0 Å². The second kappa shape index (κ2) is 24.7. The monoisotopic (exact) mass is 837 g/mol. The number of aromatic nitrogens is 3. The predicted molar refractivity (Wildman–Crippen MR) is 191 cm³/mol. The van der Waals surface area contributed by atoms with E-state index in [1.807, 2.05) is 93.6 Å². The number of benzene rings is 1. The van der Waals surface area contributed by atoms with Gasteiger partial charge in [0.05, 0.1) is 46.1 Å². The number of hydrogen-bond donors (Lipinski definition) is 1. The number of rotatable bonds is 11. The number of carbonyl (C=O) groups is 1. The van der Waals surface area contributed by atoms with E-state index in [0.29, 0.717) is 23.8 Å². The molecule has 0 spiro atoms. The summed E-state index contributed by atoms with van der Waals surface area (Å²) in [7, 11) is -13.3. The normalized spacial score (nSPS) is 11.4. The second-order valence-corrected chi connectivity index (χ2v) is 13.4. The number of pyridine rings is 3. The molecule has 3 heterocycles. The maximum absolute atomic E-state index is 13.2. The van der Waals surface area contributed by atoms with Crippen LogP contribution < -0.4 is 5.32 Å². The molecule has 0 aliphatic heterocycles. The minimum atomic E-state index is -6.00. The molecule has 0 saturated heterocycles. The molecule has 0 bridgehead atoms. The van der Waals surface area contributed by atoms with Crippen LogP contribution in [0.2, 0.25) is 0 Å². The zero-order valence-corrected chi connectivity index (χ0v) is 31.9. The van der Waals surface area contributed by atoms with Crippen LogP contribution in [0.5, 0.6) is 0 Å². The van der Waals surface area contributed by atoms with Gasteiger partial charge in [0.15, 0.2) is 0 Å². The van der Waals surface area contributed by atoms with Crippen molar-refractivity contribution in [3.63, 3.8) is 0 Å². The fourth-order valence-electron chi connectivity index (χ4n) is 4.31. The summed E-state index contributed by atoms with van der Waals surface area (Å²) in [6.07, 6.45) is 3.73. The van der Waals surface area contributed by atoms with E-state index >= 15 is 0 Å². The fourth-order valence-corrected chi connectivity index (χ4v) is 5.46. The number of amides is 1. The minimum absolute atomic E-state index is 0. The Labute approximate surface area is 327 Å². The summed E-state index contributed by atoms with van der Waals surface area (Å²) < 4.78 is 91.2. The van der Waals surface area contributed by atoms with Crippen LogP contribution in [0.1, 0.15) is 62.8 Å². The van der Waals surface area contributed by atoms with Crippen LogP contribution in [0.25, 0.3) is 0 Å². The quantitative estimate of drug-likeness (QED) is 0.117.